The lowest BCUT2D eigenvalue weighted by Crippen LogP contribution is -2.49. The molecule has 2 aliphatic heterocycles. The summed E-state index contributed by atoms with van der Waals surface area (Å²) in [6.45, 7) is 3.60. The van der Waals surface area contributed by atoms with Crippen LogP contribution in [-0.4, -0.2) is 50.2 Å². The van der Waals surface area contributed by atoms with Crippen molar-refractivity contribution in [3.05, 3.63) is 0 Å². The van der Waals surface area contributed by atoms with E-state index < -0.39 is 0 Å². The summed E-state index contributed by atoms with van der Waals surface area (Å²) in [5.41, 5.74) is -0.0825. The Hall–Kier alpha value is -0.610. The fourth-order valence-corrected chi connectivity index (χ4v) is 4.09. The molecule has 0 unspecified atom stereocenters. The molecule has 102 valence electrons. The van der Waals surface area contributed by atoms with E-state index in [1.807, 2.05) is 0 Å². The molecule has 0 aromatic carbocycles. The number of ether oxygens (including phenoxy) is 1. The summed E-state index contributed by atoms with van der Waals surface area (Å²) >= 11 is 0. The van der Waals surface area contributed by atoms with Gasteiger partial charge in [-0.15, -0.1) is 0 Å². The van der Waals surface area contributed by atoms with Crippen LogP contribution in [0.4, 0.5) is 0 Å². The normalized spacial score (nSPS) is 39.9. The molecule has 4 heteroatoms. The van der Waals surface area contributed by atoms with Gasteiger partial charge in [0.2, 0.25) is 5.91 Å². The van der Waals surface area contributed by atoms with Crippen molar-refractivity contribution in [2.45, 2.75) is 38.2 Å². The second-order valence-electron chi connectivity index (χ2n) is 6.13. The average Bonchev–Trinajstić information content (AvgIpc) is 3.05. The molecule has 0 bridgehead atoms. The first-order chi connectivity index (χ1) is 8.76. The third-order valence-corrected chi connectivity index (χ3v) is 5.23. The fourth-order valence-electron chi connectivity index (χ4n) is 4.09. The summed E-state index contributed by atoms with van der Waals surface area (Å²) in [5.74, 6) is 0.970. The minimum absolute atomic E-state index is 0.0825. The maximum atomic E-state index is 12.9. The number of likely N-dealkylation sites (tertiary alicyclic amines) is 1. The van der Waals surface area contributed by atoms with Gasteiger partial charge in [-0.3, -0.25) is 4.79 Å². The molecule has 0 aromatic rings. The number of rotatable bonds is 2. The predicted octanol–water partition coefficient (Wildman–Crippen LogP) is 1.01. The van der Waals surface area contributed by atoms with E-state index in [4.69, 9.17) is 4.74 Å². The second kappa shape index (κ2) is 4.82. The number of nitrogens with one attached hydrogen (secondary N) is 1. The number of amides is 1. The Balaban J connectivity index is 1.74. The molecule has 2 saturated heterocycles. The minimum Gasteiger partial charge on any atom is -0.380 e. The number of nitrogens with zero attached hydrogens (tertiary/aromatic N) is 1. The number of hydrogen-bond acceptors (Lipinski definition) is 3. The molecule has 1 aliphatic carbocycles. The largest absolute Gasteiger partial charge is 0.380 e. The minimum atomic E-state index is -0.0825. The standard InChI is InChI=1S/C14H24N2O2/c1-18-12-5-7-16(9-12)13(17)14-6-3-2-4-11(14)8-15-10-14/h11-12,15H,2-10H2,1H3/t11-,12-,14+/m0/s1. The van der Waals surface area contributed by atoms with E-state index in [-0.39, 0.29) is 11.5 Å². The van der Waals surface area contributed by atoms with Crippen molar-refractivity contribution >= 4 is 5.91 Å². The van der Waals surface area contributed by atoms with Crippen molar-refractivity contribution in [1.82, 2.24) is 10.2 Å². The topological polar surface area (TPSA) is 41.6 Å². The van der Waals surface area contributed by atoms with Gasteiger partial charge in [-0.05, 0) is 31.7 Å². The van der Waals surface area contributed by atoms with Crippen molar-refractivity contribution in [3.8, 4) is 0 Å². The maximum absolute atomic E-state index is 12.9. The Morgan fingerprint density at radius 2 is 2.28 bits per heavy atom. The monoisotopic (exact) mass is 252 g/mol. The molecule has 18 heavy (non-hydrogen) atoms. The second-order valence-corrected chi connectivity index (χ2v) is 6.13. The first-order valence-corrected chi connectivity index (χ1v) is 7.29. The van der Waals surface area contributed by atoms with E-state index >= 15 is 0 Å². The Morgan fingerprint density at radius 3 is 3.06 bits per heavy atom. The molecule has 3 aliphatic rings. The van der Waals surface area contributed by atoms with Crippen molar-refractivity contribution < 1.29 is 9.53 Å². The first kappa shape index (κ1) is 12.4. The van der Waals surface area contributed by atoms with Gasteiger partial charge >= 0.3 is 0 Å². The lowest BCUT2D eigenvalue weighted by Gasteiger charge is -2.39. The van der Waals surface area contributed by atoms with E-state index in [0.717, 1.165) is 39.0 Å². The highest BCUT2D eigenvalue weighted by atomic mass is 16.5. The van der Waals surface area contributed by atoms with Crippen LogP contribution in [0.1, 0.15) is 32.1 Å². The van der Waals surface area contributed by atoms with Crippen molar-refractivity contribution in [2.24, 2.45) is 11.3 Å². The van der Waals surface area contributed by atoms with Gasteiger partial charge in [-0.2, -0.15) is 0 Å². The fraction of sp³-hybridized carbons (Fsp3) is 0.929. The average molecular weight is 252 g/mol. The van der Waals surface area contributed by atoms with Crippen molar-refractivity contribution in [1.29, 1.82) is 0 Å². The van der Waals surface area contributed by atoms with E-state index in [1.54, 1.807) is 7.11 Å². The summed E-state index contributed by atoms with van der Waals surface area (Å²) in [4.78, 5) is 15.0. The first-order valence-electron chi connectivity index (χ1n) is 7.29. The molecule has 4 nitrogen and oxygen atoms in total. The molecule has 2 heterocycles. The van der Waals surface area contributed by atoms with Crippen LogP contribution < -0.4 is 5.32 Å². The number of methoxy groups -OCH3 is 1. The molecule has 0 spiro atoms. The highest BCUT2D eigenvalue weighted by molar-refractivity contribution is 5.84. The quantitative estimate of drug-likeness (QED) is 0.797. The molecule has 1 amide bonds. The lowest BCUT2D eigenvalue weighted by molar-refractivity contribution is -0.144. The number of hydrogen-bond donors (Lipinski definition) is 1. The van der Waals surface area contributed by atoms with Gasteiger partial charge in [-0.1, -0.05) is 12.8 Å². The van der Waals surface area contributed by atoms with Crippen LogP contribution in [0.15, 0.2) is 0 Å². The van der Waals surface area contributed by atoms with Gasteiger partial charge in [0.05, 0.1) is 11.5 Å². The smallest absolute Gasteiger partial charge is 0.230 e. The summed E-state index contributed by atoms with van der Waals surface area (Å²) in [5, 5.41) is 3.46. The predicted molar refractivity (Wildman–Crippen MR) is 69.3 cm³/mol. The van der Waals surface area contributed by atoms with E-state index in [9.17, 15) is 4.79 Å². The highest BCUT2D eigenvalue weighted by Gasteiger charge is 2.52. The number of carbonyl (C=O) groups excluding carboxylic acids is 1. The number of carbonyl (C=O) groups is 1. The summed E-state index contributed by atoms with van der Waals surface area (Å²) in [7, 11) is 1.75. The molecule has 3 atom stereocenters. The Kier molecular flexibility index (Phi) is 3.32. The van der Waals surface area contributed by atoms with E-state index in [2.05, 4.69) is 10.2 Å². The molecular weight excluding hydrogens is 228 g/mol. The van der Waals surface area contributed by atoms with Gasteiger partial charge in [0, 0.05) is 26.7 Å². The Bertz CT molecular complexity index is 334. The SMILES string of the molecule is CO[C@H]1CCN(C(=O)[C@@]23CCCC[C@H]2CNC3)C1. The van der Waals surface area contributed by atoms with Crippen LogP contribution in [0.25, 0.3) is 0 Å². The third kappa shape index (κ3) is 1.86. The lowest BCUT2D eigenvalue weighted by atomic mass is 9.67. The summed E-state index contributed by atoms with van der Waals surface area (Å²) in [6.07, 6.45) is 6.06. The zero-order chi connectivity index (χ0) is 12.6. The molecule has 1 saturated carbocycles. The van der Waals surface area contributed by atoms with Gasteiger partial charge in [0.15, 0.2) is 0 Å². The van der Waals surface area contributed by atoms with Gasteiger partial charge < -0.3 is 15.0 Å². The van der Waals surface area contributed by atoms with Crippen molar-refractivity contribution in [3.63, 3.8) is 0 Å². The molecule has 3 fully saturated rings. The molecule has 0 radical (unpaired) electrons. The van der Waals surface area contributed by atoms with Crippen LogP contribution in [0.3, 0.4) is 0 Å². The third-order valence-electron chi connectivity index (χ3n) is 5.23. The zero-order valence-electron chi connectivity index (χ0n) is 11.3. The van der Waals surface area contributed by atoms with Crippen LogP contribution in [0.5, 0.6) is 0 Å². The van der Waals surface area contributed by atoms with Crippen LogP contribution in [0.2, 0.25) is 0 Å². The van der Waals surface area contributed by atoms with Crippen LogP contribution >= 0.6 is 0 Å². The van der Waals surface area contributed by atoms with Gasteiger partial charge in [0.1, 0.15) is 0 Å². The molecule has 1 N–H and O–H groups in total. The number of fused-ring (bicyclic) bond motifs is 1. The van der Waals surface area contributed by atoms with Gasteiger partial charge in [0.25, 0.3) is 0 Å². The van der Waals surface area contributed by atoms with Crippen LogP contribution in [-0.2, 0) is 9.53 Å². The maximum Gasteiger partial charge on any atom is 0.230 e. The zero-order valence-corrected chi connectivity index (χ0v) is 11.3. The van der Waals surface area contributed by atoms with Crippen LogP contribution in [0, 0.1) is 11.3 Å². The van der Waals surface area contributed by atoms with Gasteiger partial charge in [-0.25, -0.2) is 0 Å². The Labute approximate surface area is 109 Å². The molecule has 3 rings (SSSR count). The van der Waals surface area contributed by atoms with Crippen molar-refractivity contribution in [2.75, 3.05) is 33.3 Å². The molecule has 0 aromatic heterocycles. The van der Waals surface area contributed by atoms with E-state index in [1.165, 1.54) is 19.3 Å². The highest BCUT2D eigenvalue weighted by Crippen LogP contribution is 2.45. The molecular formula is C14H24N2O2. The van der Waals surface area contributed by atoms with E-state index in [0.29, 0.717) is 11.8 Å². The summed E-state index contributed by atoms with van der Waals surface area (Å²) < 4.78 is 5.38. The Morgan fingerprint density at radius 1 is 1.39 bits per heavy atom. The summed E-state index contributed by atoms with van der Waals surface area (Å²) in [6, 6.07) is 0.